The zero-order valence-corrected chi connectivity index (χ0v) is 21.3. The third-order valence-electron chi connectivity index (χ3n) is 4.50. The number of benzene rings is 1. The van der Waals surface area contributed by atoms with Crippen LogP contribution < -0.4 is 10.1 Å². The zero-order chi connectivity index (χ0) is 20.5. The molecule has 0 spiro atoms. The molecule has 0 aliphatic rings. The second-order valence-electron chi connectivity index (χ2n) is 6.70. The number of rotatable bonds is 9. The van der Waals surface area contributed by atoms with Crippen LogP contribution in [0.3, 0.4) is 0 Å². The lowest BCUT2D eigenvalue weighted by atomic mass is 10.1. The maximum atomic E-state index is 5.41. The summed E-state index contributed by atoms with van der Waals surface area (Å²) >= 11 is 1.63. The van der Waals surface area contributed by atoms with E-state index < -0.39 is 0 Å². The number of aryl methyl sites for hydroxylation is 1. The summed E-state index contributed by atoms with van der Waals surface area (Å²) in [6.45, 7) is 8.38. The Bertz CT molecular complexity index is 782. The maximum absolute atomic E-state index is 5.41. The topological polar surface area (TPSA) is 59.0 Å². The average molecular weight is 532 g/mol. The highest BCUT2D eigenvalue weighted by molar-refractivity contribution is 14.0. The van der Waals surface area contributed by atoms with E-state index in [1.54, 1.807) is 25.6 Å². The van der Waals surface area contributed by atoms with Gasteiger partial charge < -0.3 is 19.7 Å². The van der Waals surface area contributed by atoms with Crippen molar-refractivity contribution in [2.24, 2.45) is 4.99 Å². The van der Waals surface area contributed by atoms with Gasteiger partial charge in [-0.25, -0.2) is 4.98 Å². The highest BCUT2D eigenvalue weighted by Crippen LogP contribution is 2.21. The molecule has 162 valence electrons. The molecule has 2 rings (SSSR count). The van der Waals surface area contributed by atoms with Gasteiger partial charge in [0.25, 0.3) is 0 Å². The number of hydrogen-bond donors (Lipinski definition) is 1. The summed E-state index contributed by atoms with van der Waals surface area (Å²) in [6.07, 6.45) is 0.892. The first-order chi connectivity index (χ1) is 13.5. The lowest BCUT2D eigenvalue weighted by Gasteiger charge is -2.21. The maximum Gasteiger partial charge on any atom is 0.194 e. The predicted octanol–water partition coefficient (Wildman–Crippen LogP) is 4.43. The average Bonchev–Trinajstić information content (AvgIpc) is 3.16. The summed E-state index contributed by atoms with van der Waals surface area (Å²) in [7, 11) is 5.45. The Hall–Kier alpha value is -1.39. The summed E-state index contributed by atoms with van der Waals surface area (Å²) in [5.41, 5.74) is 3.40. The van der Waals surface area contributed by atoms with Gasteiger partial charge in [-0.3, -0.25) is 4.99 Å². The summed E-state index contributed by atoms with van der Waals surface area (Å²) in [4.78, 5) is 11.6. The van der Waals surface area contributed by atoms with Gasteiger partial charge in [-0.15, -0.1) is 35.3 Å². The highest BCUT2D eigenvalue weighted by Gasteiger charge is 2.12. The number of guanidine groups is 1. The van der Waals surface area contributed by atoms with Gasteiger partial charge in [0.1, 0.15) is 16.9 Å². The first-order valence-electron chi connectivity index (χ1n) is 9.58. The number of hydrogen-bond acceptors (Lipinski definition) is 5. The van der Waals surface area contributed by atoms with E-state index in [0.717, 1.165) is 40.9 Å². The molecule has 0 bridgehead atoms. The highest BCUT2D eigenvalue weighted by atomic mass is 127. The summed E-state index contributed by atoms with van der Waals surface area (Å²) < 4.78 is 10.8. The molecule has 1 atom stereocenters. The van der Waals surface area contributed by atoms with E-state index in [1.807, 2.05) is 14.0 Å². The van der Waals surface area contributed by atoms with E-state index in [0.29, 0.717) is 13.1 Å². The molecule has 29 heavy (non-hydrogen) atoms. The Morgan fingerprint density at radius 2 is 2.10 bits per heavy atom. The number of ether oxygens (including phenoxy) is 2. The molecule has 0 radical (unpaired) electrons. The van der Waals surface area contributed by atoms with Crippen molar-refractivity contribution in [2.75, 3.05) is 34.4 Å². The smallest absolute Gasteiger partial charge is 0.194 e. The van der Waals surface area contributed by atoms with Gasteiger partial charge in [0.2, 0.25) is 0 Å². The monoisotopic (exact) mass is 532 g/mol. The fourth-order valence-corrected chi connectivity index (χ4v) is 3.62. The molecule has 1 aromatic carbocycles. The van der Waals surface area contributed by atoms with Crippen LogP contribution in [0, 0.1) is 6.92 Å². The van der Waals surface area contributed by atoms with Crippen molar-refractivity contribution >= 4 is 41.3 Å². The zero-order valence-electron chi connectivity index (χ0n) is 18.2. The number of thiazole rings is 1. The SMILES string of the molecule is CCNC(=NCCc1ccc(C)c(OC)c1)N(C)Cc1csc(C(C)OC)n1.I. The fraction of sp³-hybridized carbons (Fsp3) is 0.524. The quantitative estimate of drug-likeness (QED) is 0.294. The number of methoxy groups -OCH3 is 2. The Morgan fingerprint density at radius 1 is 1.34 bits per heavy atom. The number of halogens is 1. The molecule has 1 unspecified atom stereocenters. The molecule has 1 aromatic heterocycles. The normalized spacial score (nSPS) is 12.3. The van der Waals surface area contributed by atoms with Gasteiger partial charge in [0.15, 0.2) is 5.96 Å². The number of aromatic nitrogens is 1. The standard InChI is InChI=1S/C21H32N4O2S.HI/c1-7-22-21(23-11-10-17-9-8-15(2)19(12-17)27-6)25(4)13-18-14-28-20(24-18)16(3)26-5;/h8-9,12,14,16H,7,10-11,13H2,1-6H3,(H,22,23);1H. The third-order valence-corrected chi connectivity index (χ3v) is 5.56. The van der Waals surface area contributed by atoms with Gasteiger partial charge >= 0.3 is 0 Å². The van der Waals surface area contributed by atoms with Crippen LogP contribution in [-0.2, 0) is 17.7 Å². The largest absolute Gasteiger partial charge is 0.496 e. The second-order valence-corrected chi connectivity index (χ2v) is 7.59. The molecule has 0 saturated carbocycles. The molecule has 0 saturated heterocycles. The van der Waals surface area contributed by atoms with Crippen LogP contribution in [0.1, 0.15) is 41.8 Å². The molecule has 0 amide bonds. The van der Waals surface area contributed by atoms with Crippen LogP contribution in [-0.4, -0.2) is 50.2 Å². The lowest BCUT2D eigenvalue weighted by molar-refractivity contribution is 0.119. The molecular formula is C21H33IN4O2S. The summed E-state index contributed by atoms with van der Waals surface area (Å²) in [5, 5.41) is 6.45. The molecular weight excluding hydrogens is 499 g/mol. The van der Waals surface area contributed by atoms with E-state index >= 15 is 0 Å². The Labute approximate surface area is 195 Å². The molecule has 0 aliphatic heterocycles. The van der Waals surface area contributed by atoms with Crippen LogP contribution in [0.2, 0.25) is 0 Å². The molecule has 1 heterocycles. The van der Waals surface area contributed by atoms with Gasteiger partial charge in [-0.2, -0.15) is 0 Å². The van der Waals surface area contributed by atoms with E-state index in [2.05, 4.69) is 52.6 Å². The van der Waals surface area contributed by atoms with Crippen molar-refractivity contribution in [1.29, 1.82) is 0 Å². The minimum Gasteiger partial charge on any atom is -0.496 e. The van der Waals surface area contributed by atoms with Crippen molar-refractivity contribution in [3.8, 4) is 5.75 Å². The van der Waals surface area contributed by atoms with Crippen molar-refractivity contribution in [3.05, 3.63) is 45.4 Å². The molecule has 0 aliphatic carbocycles. The van der Waals surface area contributed by atoms with Crippen molar-refractivity contribution in [1.82, 2.24) is 15.2 Å². The molecule has 8 heteroatoms. The van der Waals surface area contributed by atoms with Crippen LogP contribution in [0.15, 0.2) is 28.6 Å². The molecule has 2 aromatic rings. The third kappa shape index (κ3) is 7.75. The van der Waals surface area contributed by atoms with Crippen molar-refractivity contribution < 1.29 is 9.47 Å². The fourth-order valence-electron chi connectivity index (χ4n) is 2.78. The van der Waals surface area contributed by atoms with E-state index in [-0.39, 0.29) is 30.1 Å². The Morgan fingerprint density at radius 3 is 2.76 bits per heavy atom. The minimum absolute atomic E-state index is 0. The van der Waals surface area contributed by atoms with Crippen LogP contribution in [0.25, 0.3) is 0 Å². The number of aliphatic imine (C=N–C) groups is 1. The Kier molecular flexibility index (Phi) is 11.5. The van der Waals surface area contributed by atoms with Gasteiger partial charge in [0.05, 0.1) is 19.3 Å². The predicted molar refractivity (Wildman–Crippen MR) is 132 cm³/mol. The number of nitrogens with zero attached hydrogens (tertiary/aromatic N) is 3. The van der Waals surface area contributed by atoms with Crippen LogP contribution >= 0.6 is 35.3 Å². The van der Waals surface area contributed by atoms with Gasteiger partial charge in [-0.1, -0.05) is 12.1 Å². The van der Waals surface area contributed by atoms with E-state index in [1.165, 1.54) is 5.56 Å². The van der Waals surface area contributed by atoms with Crippen LogP contribution in [0.4, 0.5) is 0 Å². The first-order valence-corrected chi connectivity index (χ1v) is 10.5. The summed E-state index contributed by atoms with van der Waals surface area (Å²) in [5.74, 6) is 1.81. The van der Waals surface area contributed by atoms with Gasteiger partial charge in [0, 0.05) is 32.6 Å². The number of nitrogens with one attached hydrogen (secondary N) is 1. The summed E-state index contributed by atoms with van der Waals surface area (Å²) in [6, 6.07) is 6.32. The van der Waals surface area contributed by atoms with Crippen molar-refractivity contribution in [2.45, 2.75) is 39.8 Å². The lowest BCUT2D eigenvalue weighted by Crippen LogP contribution is -2.38. The van der Waals surface area contributed by atoms with E-state index in [9.17, 15) is 0 Å². The Balaban J connectivity index is 0.00000420. The second kappa shape index (κ2) is 13.0. The molecule has 1 N–H and O–H groups in total. The molecule has 0 fully saturated rings. The molecule has 6 nitrogen and oxygen atoms in total. The van der Waals surface area contributed by atoms with E-state index in [4.69, 9.17) is 14.5 Å². The first kappa shape index (κ1) is 25.6. The van der Waals surface area contributed by atoms with Crippen molar-refractivity contribution in [3.63, 3.8) is 0 Å². The van der Waals surface area contributed by atoms with Gasteiger partial charge in [-0.05, 0) is 44.4 Å². The van der Waals surface area contributed by atoms with Crippen LogP contribution in [0.5, 0.6) is 5.75 Å². The minimum atomic E-state index is 0.